The molecule has 1 aromatic rings. The summed E-state index contributed by atoms with van der Waals surface area (Å²) in [5, 5.41) is 4.96. The molecule has 0 saturated heterocycles. The van der Waals surface area contributed by atoms with Crippen molar-refractivity contribution in [2.24, 2.45) is 10.9 Å². The van der Waals surface area contributed by atoms with E-state index in [0.29, 0.717) is 0 Å². The van der Waals surface area contributed by atoms with Crippen LogP contribution < -0.4 is 10.9 Å². The van der Waals surface area contributed by atoms with Crippen molar-refractivity contribution in [1.29, 1.82) is 0 Å². The van der Waals surface area contributed by atoms with Crippen LogP contribution >= 0.6 is 0 Å². The van der Waals surface area contributed by atoms with Crippen molar-refractivity contribution in [1.82, 2.24) is 0 Å². The normalized spacial score (nSPS) is 13.9. The molecular weight excluding hydrogens is 200 g/mol. The van der Waals surface area contributed by atoms with Gasteiger partial charge in [0.05, 0.1) is 4.90 Å². The molecule has 0 aliphatic heterocycles. The smallest absolute Gasteiger partial charge is 0.238 e. The fraction of sp³-hybridized carbons (Fsp3) is 0.333. The summed E-state index contributed by atoms with van der Waals surface area (Å²) in [6.07, 6.45) is 0.727. The first-order valence-corrected chi connectivity index (χ1v) is 5.81. The third-order valence-corrected chi connectivity index (χ3v) is 2.74. The molecule has 1 aromatic carbocycles. The van der Waals surface area contributed by atoms with Crippen LogP contribution in [0.2, 0.25) is 0 Å². The Morgan fingerprint density at radius 2 is 1.79 bits per heavy atom. The van der Waals surface area contributed by atoms with Crippen LogP contribution in [0.3, 0.4) is 0 Å². The second-order valence-electron chi connectivity index (χ2n) is 3.37. The van der Waals surface area contributed by atoms with E-state index in [-0.39, 0.29) is 10.9 Å². The minimum absolute atomic E-state index is 0.0651. The summed E-state index contributed by atoms with van der Waals surface area (Å²) in [6, 6.07) is 6.50. The predicted molar refractivity (Wildman–Crippen MR) is 55.2 cm³/mol. The Labute approximate surface area is 84.0 Å². The average Bonchev–Trinajstić information content (AvgIpc) is 2.02. The summed E-state index contributed by atoms with van der Waals surface area (Å²) >= 11 is 0. The van der Waals surface area contributed by atoms with Gasteiger partial charge in [0.1, 0.15) is 0 Å². The Morgan fingerprint density at radius 1 is 1.29 bits per heavy atom. The van der Waals surface area contributed by atoms with E-state index in [9.17, 15) is 8.42 Å². The lowest BCUT2D eigenvalue weighted by Gasteiger charge is -2.05. The Hall–Kier alpha value is -0.910. The summed E-state index contributed by atoms with van der Waals surface area (Å²) in [7, 11) is -3.58. The molecule has 0 radical (unpaired) electrons. The molecular formula is C9H14N2O2S. The van der Waals surface area contributed by atoms with Crippen molar-refractivity contribution < 1.29 is 8.42 Å². The number of rotatable bonds is 3. The van der Waals surface area contributed by atoms with E-state index in [1.165, 1.54) is 12.1 Å². The van der Waals surface area contributed by atoms with Gasteiger partial charge in [0, 0.05) is 6.04 Å². The fourth-order valence-corrected chi connectivity index (χ4v) is 1.70. The predicted octanol–water partition coefficient (Wildman–Crippen LogP) is 0.224. The second kappa shape index (κ2) is 4.08. The van der Waals surface area contributed by atoms with Crippen LogP contribution in [0.25, 0.3) is 0 Å². The van der Waals surface area contributed by atoms with E-state index in [4.69, 9.17) is 10.9 Å². The molecule has 0 heterocycles. The molecule has 1 atom stereocenters. The maximum atomic E-state index is 10.9. The van der Waals surface area contributed by atoms with Crippen molar-refractivity contribution in [3.8, 4) is 0 Å². The molecule has 4 N–H and O–H groups in total. The molecule has 1 rings (SSSR count). The Morgan fingerprint density at radius 3 is 2.14 bits per heavy atom. The summed E-state index contributed by atoms with van der Waals surface area (Å²) in [6.45, 7) is 1.90. The van der Waals surface area contributed by atoms with Gasteiger partial charge in [0.15, 0.2) is 0 Å². The van der Waals surface area contributed by atoms with E-state index in [1.807, 2.05) is 6.92 Å². The molecule has 5 heteroatoms. The highest BCUT2D eigenvalue weighted by molar-refractivity contribution is 7.89. The first-order chi connectivity index (χ1) is 6.39. The van der Waals surface area contributed by atoms with Crippen molar-refractivity contribution >= 4 is 10.0 Å². The van der Waals surface area contributed by atoms with E-state index in [2.05, 4.69) is 0 Å². The van der Waals surface area contributed by atoms with Crippen LogP contribution in [0.1, 0.15) is 12.5 Å². The van der Waals surface area contributed by atoms with E-state index in [0.717, 1.165) is 12.0 Å². The summed E-state index contributed by atoms with van der Waals surface area (Å²) in [4.78, 5) is 0.130. The van der Waals surface area contributed by atoms with Gasteiger partial charge in [-0.3, -0.25) is 0 Å². The van der Waals surface area contributed by atoms with Crippen LogP contribution in [-0.2, 0) is 16.4 Å². The molecule has 0 bridgehead atoms. The van der Waals surface area contributed by atoms with Crippen LogP contribution in [-0.4, -0.2) is 14.5 Å². The number of primary sulfonamides is 1. The Balaban J connectivity index is 2.90. The second-order valence-corrected chi connectivity index (χ2v) is 4.93. The molecule has 4 nitrogen and oxygen atoms in total. The molecule has 0 aliphatic carbocycles. The van der Waals surface area contributed by atoms with Crippen LogP contribution in [0.5, 0.6) is 0 Å². The van der Waals surface area contributed by atoms with Gasteiger partial charge in [-0.1, -0.05) is 12.1 Å². The highest BCUT2D eigenvalue weighted by atomic mass is 32.2. The third-order valence-electron chi connectivity index (χ3n) is 1.81. The standard InChI is InChI=1S/C9H14N2O2S/c1-7(10)6-8-2-4-9(5-3-8)14(11,12)13/h2-5,7H,6,10H2,1H3,(H2,11,12,13). The third kappa shape index (κ3) is 3.10. The highest BCUT2D eigenvalue weighted by Gasteiger charge is 2.06. The lowest BCUT2D eigenvalue weighted by Crippen LogP contribution is -2.18. The SMILES string of the molecule is CC(N)Cc1ccc(S(N)(=O)=O)cc1. The molecule has 78 valence electrons. The van der Waals surface area contributed by atoms with Gasteiger partial charge in [-0.05, 0) is 31.0 Å². The van der Waals surface area contributed by atoms with Gasteiger partial charge < -0.3 is 5.73 Å². The molecule has 0 fully saturated rings. The Bertz CT molecular complexity index is 395. The lowest BCUT2D eigenvalue weighted by molar-refractivity contribution is 0.597. The number of hydrogen-bond acceptors (Lipinski definition) is 3. The molecule has 0 saturated carbocycles. The monoisotopic (exact) mass is 214 g/mol. The minimum atomic E-state index is -3.58. The van der Waals surface area contributed by atoms with Crippen LogP contribution in [0.15, 0.2) is 29.2 Å². The maximum Gasteiger partial charge on any atom is 0.238 e. The van der Waals surface area contributed by atoms with E-state index in [1.54, 1.807) is 12.1 Å². The van der Waals surface area contributed by atoms with Crippen molar-refractivity contribution in [2.75, 3.05) is 0 Å². The van der Waals surface area contributed by atoms with Crippen molar-refractivity contribution in [3.05, 3.63) is 29.8 Å². The van der Waals surface area contributed by atoms with Gasteiger partial charge in [-0.15, -0.1) is 0 Å². The molecule has 14 heavy (non-hydrogen) atoms. The summed E-state index contributed by atoms with van der Waals surface area (Å²) < 4.78 is 21.8. The van der Waals surface area contributed by atoms with Gasteiger partial charge >= 0.3 is 0 Å². The first-order valence-electron chi connectivity index (χ1n) is 4.27. The van der Waals surface area contributed by atoms with Crippen LogP contribution in [0, 0.1) is 0 Å². The largest absolute Gasteiger partial charge is 0.328 e. The zero-order valence-corrected chi connectivity index (χ0v) is 8.79. The summed E-state index contributed by atoms with van der Waals surface area (Å²) in [5.41, 5.74) is 6.61. The topological polar surface area (TPSA) is 86.2 Å². The highest BCUT2D eigenvalue weighted by Crippen LogP contribution is 2.09. The fourth-order valence-electron chi connectivity index (χ4n) is 1.19. The number of nitrogens with two attached hydrogens (primary N) is 2. The minimum Gasteiger partial charge on any atom is -0.328 e. The zero-order valence-electron chi connectivity index (χ0n) is 7.97. The number of sulfonamides is 1. The molecule has 0 aromatic heterocycles. The van der Waals surface area contributed by atoms with E-state index < -0.39 is 10.0 Å². The van der Waals surface area contributed by atoms with Gasteiger partial charge in [-0.2, -0.15) is 0 Å². The quantitative estimate of drug-likeness (QED) is 0.754. The molecule has 0 amide bonds. The van der Waals surface area contributed by atoms with Crippen molar-refractivity contribution in [2.45, 2.75) is 24.3 Å². The molecule has 0 spiro atoms. The van der Waals surface area contributed by atoms with Crippen LogP contribution in [0.4, 0.5) is 0 Å². The first kappa shape index (κ1) is 11.2. The lowest BCUT2D eigenvalue weighted by atomic mass is 10.1. The van der Waals surface area contributed by atoms with Gasteiger partial charge in [0.2, 0.25) is 10.0 Å². The van der Waals surface area contributed by atoms with Gasteiger partial charge in [-0.25, -0.2) is 13.6 Å². The average molecular weight is 214 g/mol. The molecule has 1 unspecified atom stereocenters. The number of benzene rings is 1. The van der Waals surface area contributed by atoms with E-state index >= 15 is 0 Å². The molecule has 0 aliphatic rings. The zero-order chi connectivity index (χ0) is 10.8. The number of hydrogen-bond donors (Lipinski definition) is 2. The van der Waals surface area contributed by atoms with Crippen molar-refractivity contribution in [3.63, 3.8) is 0 Å². The summed E-state index contributed by atoms with van der Waals surface area (Å²) in [5.74, 6) is 0. The van der Waals surface area contributed by atoms with Gasteiger partial charge in [0.25, 0.3) is 0 Å². The Kier molecular flexibility index (Phi) is 3.25. The maximum absolute atomic E-state index is 10.9.